The summed E-state index contributed by atoms with van der Waals surface area (Å²) in [6.07, 6.45) is 1.78. The lowest BCUT2D eigenvalue weighted by Crippen LogP contribution is -2.39. The van der Waals surface area contributed by atoms with E-state index >= 15 is 0 Å². The van der Waals surface area contributed by atoms with Crippen molar-refractivity contribution in [3.05, 3.63) is 41.5 Å². The lowest BCUT2D eigenvalue weighted by atomic mass is 10.1. The van der Waals surface area contributed by atoms with Gasteiger partial charge in [0.15, 0.2) is 5.82 Å². The maximum Gasteiger partial charge on any atom is 0.226 e. The average Bonchev–Trinajstić information content (AvgIpc) is 3.32. The van der Waals surface area contributed by atoms with Crippen LogP contribution in [0.2, 0.25) is 0 Å². The van der Waals surface area contributed by atoms with Crippen molar-refractivity contribution in [1.82, 2.24) is 19.7 Å². The van der Waals surface area contributed by atoms with Crippen molar-refractivity contribution in [3.8, 4) is 5.75 Å². The van der Waals surface area contributed by atoms with E-state index in [0.29, 0.717) is 6.54 Å². The van der Waals surface area contributed by atoms with Crippen molar-refractivity contribution in [3.63, 3.8) is 0 Å². The molecule has 126 valence electrons. The van der Waals surface area contributed by atoms with E-state index in [1.807, 2.05) is 23.1 Å². The first-order chi connectivity index (χ1) is 11.7. The number of hydrogen-bond acceptors (Lipinski definition) is 4. The molecule has 0 spiro atoms. The number of nitrogens with zero attached hydrogens (tertiary/aromatic N) is 4. The van der Waals surface area contributed by atoms with Crippen LogP contribution in [-0.4, -0.2) is 39.2 Å². The summed E-state index contributed by atoms with van der Waals surface area (Å²) < 4.78 is 7.58. The Hall–Kier alpha value is -2.37. The molecule has 0 saturated heterocycles. The standard InChI is InChI=1S/C18H22N4O2/c1-3-16-19-20-17-11-21(8-9-22(16)17)18(23)14-10-13(14)12-6-4-5-7-15(12)24-2/h4-7,13-14H,3,8-11H2,1-2H3/t13-,14+/m0/s1. The largest absolute Gasteiger partial charge is 0.496 e. The molecule has 1 aliphatic heterocycles. The molecule has 2 aliphatic rings. The van der Waals surface area contributed by atoms with E-state index in [1.165, 1.54) is 0 Å². The number of benzene rings is 1. The second-order valence-corrected chi connectivity index (χ2v) is 6.49. The van der Waals surface area contributed by atoms with E-state index in [1.54, 1.807) is 7.11 Å². The molecule has 4 rings (SSSR count). The second-order valence-electron chi connectivity index (χ2n) is 6.49. The van der Waals surface area contributed by atoms with Gasteiger partial charge < -0.3 is 14.2 Å². The molecule has 2 atom stereocenters. The van der Waals surface area contributed by atoms with Crippen LogP contribution < -0.4 is 4.74 Å². The van der Waals surface area contributed by atoms with Crippen LogP contribution in [0.15, 0.2) is 24.3 Å². The van der Waals surface area contributed by atoms with Gasteiger partial charge in [-0.05, 0) is 24.0 Å². The van der Waals surface area contributed by atoms with Gasteiger partial charge in [-0.25, -0.2) is 0 Å². The Labute approximate surface area is 141 Å². The Morgan fingerprint density at radius 3 is 2.92 bits per heavy atom. The zero-order chi connectivity index (χ0) is 16.7. The summed E-state index contributed by atoms with van der Waals surface area (Å²) in [7, 11) is 1.68. The number of carbonyl (C=O) groups is 1. The second kappa shape index (κ2) is 5.92. The number of aromatic nitrogens is 3. The summed E-state index contributed by atoms with van der Waals surface area (Å²) in [5.74, 6) is 3.37. The van der Waals surface area contributed by atoms with E-state index in [-0.39, 0.29) is 17.7 Å². The fraction of sp³-hybridized carbons (Fsp3) is 0.500. The third-order valence-corrected chi connectivity index (χ3v) is 5.10. The van der Waals surface area contributed by atoms with Crippen LogP contribution in [-0.2, 0) is 24.3 Å². The third kappa shape index (κ3) is 2.46. The predicted octanol–water partition coefficient (Wildman–Crippen LogP) is 2.00. The van der Waals surface area contributed by atoms with Crippen molar-refractivity contribution >= 4 is 5.91 Å². The highest BCUT2D eigenvalue weighted by atomic mass is 16.5. The van der Waals surface area contributed by atoms with Crippen molar-refractivity contribution in [2.24, 2.45) is 5.92 Å². The van der Waals surface area contributed by atoms with E-state index in [0.717, 1.165) is 48.9 Å². The van der Waals surface area contributed by atoms with Gasteiger partial charge in [0, 0.05) is 25.4 Å². The highest BCUT2D eigenvalue weighted by molar-refractivity contribution is 5.83. The fourth-order valence-electron chi connectivity index (χ4n) is 3.69. The highest BCUT2D eigenvalue weighted by Gasteiger charge is 2.47. The summed E-state index contributed by atoms with van der Waals surface area (Å²) >= 11 is 0. The molecule has 24 heavy (non-hydrogen) atoms. The molecule has 0 radical (unpaired) electrons. The Morgan fingerprint density at radius 1 is 1.29 bits per heavy atom. The number of ether oxygens (including phenoxy) is 1. The lowest BCUT2D eigenvalue weighted by molar-refractivity contribution is -0.134. The monoisotopic (exact) mass is 326 g/mol. The zero-order valence-electron chi connectivity index (χ0n) is 14.1. The average molecular weight is 326 g/mol. The van der Waals surface area contributed by atoms with E-state index in [2.05, 4.69) is 27.8 Å². The summed E-state index contributed by atoms with van der Waals surface area (Å²) in [5.41, 5.74) is 1.15. The highest BCUT2D eigenvalue weighted by Crippen LogP contribution is 2.51. The van der Waals surface area contributed by atoms with Crippen LogP contribution >= 0.6 is 0 Å². The molecule has 1 aromatic heterocycles. The maximum atomic E-state index is 12.9. The predicted molar refractivity (Wildman–Crippen MR) is 88.7 cm³/mol. The Kier molecular flexibility index (Phi) is 3.75. The molecular weight excluding hydrogens is 304 g/mol. The number of hydrogen-bond donors (Lipinski definition) is 0. The minimum absolute atomic E-state index is 0.0708. The Balaban J connectivity index is 1.46. The van der Waals surface area contributed by atoms with Gasteiger partial charge in [-0.2, -0.15) is 0 Å². The van der Waals surface area contributed by atoms with E-state index in [9.17, 15) is 4.79 Å². The number of fused-ring (bicyclic) bond motifs is 1. The lowest BCUT2D eigenvalue weighted by Gasteiger charge is -2.28. The topological polar surface area (TPSA) is 60.2 Å². The number of para-hydroxylation sites is 1. The SMILES string of the molecule is CCc1nnc2n1CCN(C(=O)[C@@H]1C[C@H]1c1ccccc1OC)C2. The minimum atomic E-state index is 0.0708. The normalized spacial score (nSPS) is 22.2. The molecule has 1 fully saturated rings. The van der Waals surface area contributed by atoms with Gasteiger partial charge in [-0.3, -0.25) is 4.79 Å². The van der Waals surface area contributed by atoms with Crippen molar-refractivity contribution in [2.45, 2.75) is 38.8 Å². The van der Waals surface area contributed by atoms with Gasteiger partial charge >= 0.3 is 0 Å². The molecule has 2 aromatic rings. The van der Waals surface area contributed by atoms with Crippen molar-refractivity contribution in [2.75, 3.05) is 13.7 Å². The number of aryl methyl sites for hydroxylation is 1. The first kappa shape index (κ1) is 15.2. The third-order valence-electron chi connectivity index (χ3n) is 5.10. The Bertz CT molecular complexity index is 770. The molecule has 0 unspecified atom stereocenters. The zero-order valence-corrected chi connectivity index (χ0v) is 14.1. The van der Waals surface area contributed by atoms with E-state index < -0.39 is 0 Å². The molecule has 2 heterocycles. The number of amides is 1. The van der Waals surface area contributed by atoms with Crippen LogP contribution in [0.5, 0.6) is 5.75 Å². The summed E-state index contributed by atoms with van der Waals surface area (Å²) in [4.78, 5) is 14.8. The first-order valence-electron chi connectivity index (χ1n) is 8.55. The maximum absolute atomic E-state index is 12.9. The number of carbonyl (C=O) groups excluding carboxylic acids is 1. The summed E-state index contributed by atoms with van der Waals surface area (Å²) in [5, 5.41) is 8.46. The van der Waals surface area contributed by atoms with Crippen LogP contribution in [0.4, 0.5) is 0 Å². The summed E-state index contributed by atoms with van der Waals surface area (Å²) in [6, 6.07) is 8.00. The van der Waals surface area contributed by atoms with Crippen LogP contribution in [0.3, 0.4) is 0 Å². The molecule has 0 bridgehead atoms. The van der Waals surface area contributed by atoms with Gasteiger partial charge in [0.2, 0.25) is 5.91 Å². The molecule has 1 aliphatic carbocycles. The molecule has 0 N–H and O–H groups in total. The van der Waals surface area contributed by atoms with Crippen LogP contribution in [0, 0.1) is 5.92 Å². The van der Waals surface area contributed by atoms with Crippen molar-refractivity contribution < 1.29 is 9.53 Å². The molecular formula is C18H22N4O2. The van der Waals surface area contributed by atoms with E-state index in [4.69, 9.17) is 4.74 Å². The minimum Gasteiger partial charge on any atom is -0.496 e. The summed E-state index contributed by atoms with van der Waals surface area (Å²) in [6.45, 7) is 4.19. The van der Waals surface area contributed by atoms with Gasteiger partial charge in [-0.15, -0.1) is 10.2 Å². The smallest absolute Gasteiger partial charge is 0.226 e. The van der Waals surface area contributed by atoms with Gasteiger partial charge in [0.25, 0.3) is 0 Å². The van der Waals surface area contributed by atoms with Gasteiger partial charge in [-0.1, -0.05) is 25.1 Å². The molecule has 1 amide bonds. The fourth-order valence-corrected chi connectivity index (χ4v) is 3.69. The number of rotatable bonds is 4. The molecule has 1 aromatic carbocycles. The Morgan fingerprint density at radius 2 is 2.12 bits per heavy atom. The molecule has 1 saturated carbocycles. The van der Waals surface area contributed by atoms with Crippen LogP contribution in [0.1, 0.15) is 36.5 Å². The van der Waals surface area contributed by atoms with Gasteiger partial charge in [0.1, 0.15) is 11.6 Å². The molecule has 6 heteroatoms. The van der Waals surface area contributed by atoms with Gasteiger partial charge in [0.05, 0.1) is 13.7 Å². The molecule has 6 nitrogen and oxygen atoms in total. The first-order valence-corrected chi connectivity index (χ1v) is 8.55. The van der Waals surface area contributed by atoms with Crippen molar-refractivity contribution in [1.29, 1.82) is 0 Å². The number of methoxy groups -OCH3 is 1. The quantitative estimate of drug-likeness (QED) is 0.862. The van der Waals surface area contributed by atoms with Crippen LogP contribution in [0.25, 0.3) is 0 Å².